The van der Waals surface area contributed by atoms with Gasteiger partial charge in [-0.15, -0.1) is 0 Å². The number of aliphatic hydroxyl groups excluding tert-OH is 1. The van der Waals surface area contributed by atoms with Crippen molar-refractivity contribution in [2.45, 2.75) is 24.7 Å². The first-order valence-electron chi connectivity index (χ1n) is 5.98. The van der Waals surface area contributed by atoms with Crippen LogP contribution in [0.25, 0.3) is 0 Å². The Hall–Kier alpha value is -1.38. The van der Waals surface area contributed by atoms with Crippen LogP contribution in [0.1, 0.15) is 6.42 Å². The molecule has 1 aliphatic heterocycles. The van der Waals surface area contributed by atoms with Crippen molar-refractivity contribution in [3.05, 3.63) is 0 Å². The van der Waals surface area contributed by atoms with E-state index >= 15 is 0 Å². The van der Waals surface area contributed by atoms with Crippen LogP contribution in [0.5, 0.6) is 0 Å². The molecule has 1 saturated heterocycles. The molecule has 8 nitrogen and oxygen atoms in total. The van der Waals surface area contributed by atoms with E-state index in [4.69, 9.17) is 19.7 Å². The maximum absolute atomic E-state index is 11.8. The first kappa shape index (κ1) is 15.7. The SMILES string of the molecule is COC1CN(C(=O)NCC[C@H](O)C(=O)O)CC1OC. The number of carbonyl (C=O) groups excluding carboxylic acids is 1. The molecule has 1 rings (SSSR count). The topological polar surface area (TPSA) is 108 Å². The molecule has 0 radical (unpaired) electrons. The number of carboxylic acid groups (broad SMARTS) is 1. The Bertz CT molecular complexity index is 312. The summed E-state index contributed by atoms with van der Waals surface area (Å²) >= 11 is 0. The van der Waals surface area contributed by atoms with Crippen LogP contribution >= 0.6 is 0 Å². The van der Waals surface area contributed by atoms with Crippen LogP contribution in [-0.4, -0.2) is 79.3 Å². The van der Waals surface area contributed by atoms with E-state index in [0.717, 1.165) is 0 Å². The van der Waals surface area contributed by atoms with E-state index in [2.05, 4.69) is 5.32 Å². The fraction of sp³-hybridized carbons (Fsp3) is 0.818. The molecule has 1 fully saturated rings. The first-order chi connectivity index (χ1) is 8.99. The lowest BCUT2D eigenvalue weighted by atomic mass is 10.2. The third kappa shape index (κ3) is 4.34. The van der Waals surface area contributed by atoms with Gasteiger partial charge in [-0.3, -0.25) is 0 Å². The van der Waals surface area contributed by atoms with Crippen LogP contribution < -0.4 is 5.32 Å². The summed E-state index contributed by atoms with van der Waals surface area (Å²) in [6, 6.07) is -0.320. The normalized spacial score (nSPS) is 24.3. The van der Waals surface area contributed by atoms with Crippen LogP contribution in [0.2, 0.25) is 0 Å². The molecule has 0 aromatic heterocycles. The molecule has 1 aliphatic rings. The van der Waals surface area contributed by atoms with E-state index in [1.807, 2.05) is 0 Å². The molecule has 19 heavy (non-hydrogen) atoms. The molecule has 110 valence electrons. The fourth-order valence-electron chi connectivity index (χ4n) is 1.91. The number of carboxylic acids is 1. The van der Waals surface area contributed by atoms with Crippen molar-refractivity contribution in [3.63, 3.8) is 0 Å². The van der Waals surface area contributed by atoms with Gasteiger partial charge in [-0.1, -0.05) is 0 Å². The van der Waals surface area contributed by atoms with Gasteiger partial charge in [0.25, 0.3) is 0 Å². The highest BCUT2D eigenvalue weighted by Crippen LogP contribution is 2.15. The number of nitrogens with zero attached hydrogens (tertiary/aromatic N) is 1. The average molecular weight is 276 g/mol. The van der Waals surface area contributed by atoms with Crippen LogP contribution in [-0.2, 0) is 14.3 Å². The number of likely N-dealkylation sites (tertiary alicyclic amines) is 1. The zero-order valence-corrected chi connectivity index (χ0v) is 11.0. The molecule has 2 amide bonds. The fourth-order valence-corrected chi connectivity index (χ4v) is 1.91. The number of methoxy groups -OCH3 is 2. The molecular weight excluding hydrogens is 256 g/mol. The van der Waals surface area contributed by atoms with E-state index in [1.54, 1.807) is 14.2 Å². The molecule has 3 atom stereocenters. The maximum Gasteiger partial charge on any atom is 0.332 e. The molecule has 2 unspecified atom stereocenters. The van der Waals surface area contributed by atoms with E-state index in [-0.39, 0.29) is 31.2 Å². The van der Waals surface area contributed by atoms with E-state index in [9.17, 15) is 9.59 Å². The van der Waals surface area contributed by atoms with E-state index in [0.29, 0.717) is 13.1 Å². The Balaban J connectivity index is 2.33. The Morgan fingerprint density at radius 3 is 2.26 bits per heavy atom. The average Bonchev–Trinajstić information content (AvgIpc) is 2.81. The first-order valence-corrected chi connectivity index (χ1v) is 5.98. The molecule has 8 heteroatoms. The number of carbonyl (C=O) groups is 2. The zero-order valence-electron chi connectivity index (χ0n) is 11.0. The van der Waals surface area contributed by atoms with Gasteiger partial charge in [0, 0.05) is 27.2 Å². The van der Waals surface area contributed by atoms with Gasteiger partial charge in [-0.25, -0.2) is 9.59 Å². The van der Waals surface area contributed by atoms with Crippen LogP contribution in [0.4, 0.5) is 4.79 Å². The lowest BCUT2D eigenvalue weighted by molar-refractivity contribution is -0.146. The van der Waals surface area contributed by atoms with Gasteiger partial charge < -0.3 is 29.9 Å². The summed E-state index contributed by atoms with van der Waals surface area (Å²) in [7, 11) is 3.11. The minimum Gasteiger partial charge on any atom is -0.479 e. The second-order valence-corrected chi connectivity index (χ2v) is 4.33. The monoisotopic (exact) mass is 276 g/mol. The van der Waals surface area contributed by atoms with Crippen molar-refractivity contribution in [3.8, 4) is 0 Å². The largest absolute Gasteiger partial charge is 0.479 e. The second-order valence-electron chi connectivity index (χ2n) is 4.33. The zero-order chi connectivity index (χ0) is 14.4. The number of nitrogens with one attached hydrogen (secondary N) is 1. The second kappa shape index (κ2) is 7.27. The van der Waals surface area contributed by atoms with Gasteiger partial charge >= 0.3 is 12.0 Å². The smallest absolute Gasteiger partial charge is 0.332 e. The molecule has 0 spiro atoms. The quantitative estimate of drug-likeness (QED) is 0.567. The number of amides is 2. The Labute approximate surface area is 111 Å². The predicted molar refractivity (Wildman–Crippen MR) is 64.8 cm³/mol. The third-order valence-electron chi connectivity index (χ3n) is 3.09. The Morgan fingerprint density at radius 2 is 1.84 bits per heavy atom. The Morgan fingerprint density at radius 1 is 1.32 bits per heavy atom. The van der Waals surface area contributed by atoms with E-state index in [1.165, 1.54) is 4.90 Å². The van der Waals surface area contributed by atoms with Crippen molar-refractivity contribution in [1.29, 1.82) is 0 Å². The summed E-state index contributed by atoms with van der Waals surface area (Å²) in [6.45, 7) is 0.933. The molecule has 1 heterocycles. The molecular formula is C11H20N2O6. The molecule has 0 bridgehead atoms. The number of aliphatic carboxylic acids is 1. The summed E-state index contributed by atoms with van der Waals surface area (Å²) in [5.41, 5.74) is 0. The lowest BCUT2D eigenvalue weighted by Crippen LogP contribution is -2.40. The summed E-state index contributed by atoms with van der Waals surface area (Å²) in [5, 5.41) is 20.1. The number of ether oxygens (including phenoxy) is 2. The molecule has 0 saturated carbocycles. The highest BCUT2D eigenvalue weighted by atomic mass is 16.5. The minimum absolute atomic E-state index is 0.0314. The van der Waals surface area contributed by atoms with Gasteiger partial charge in [0.15, 0.2) is 6.10 Å². The van der Waals surface area contributed by atoms with Gasteiger partial charge in [-0.2, -0.15) is 0 Å². The van der Waals surface area contributed by atoms with Gasteiger partial charge in [0.05, 0.1) is 13.1 Å². The minimum atomic E-state index is -1.46. The van der Waals surface area contributed by atoms with E-state index < -0.39 is 12.1 Å². The molecule has 0 aromatic carbocycles. The highest BCUT2D eigenvalue weighted by molar-refractivity contribution is 5.75. The maximum atomic E-state index is 11.8. The van der Waals surface area contributed by atoms with Crippen LogP contribution in [0.3, 0.4) is 0 Å². The predicted octanol–water partition coefficient (Wildman–Crippen LogP) is -1.12. The summed E-state index contributed by atoms with van der Waals surface area (Å²) in [5.74, 6) is -1.30. The van der Waals surface area contributed by atoms with Crippen LogP contribution in [0, 0.1) is 0 Å². The Kier molecular flexibility index (Phi) is 6.00. The van der Waals surface area contributed by atoms with Gasteiger partial charge in [-0.05, 0) is 0 Å². The van der Waals surface area contributed by atoms with Crippen molar-refractivity contribution >= 4 is 12.0 Å². The highest BCUT2D eigenvalue weighted by Gasteiger charge is 2.35. The number of aliphatic hydroxyl groups is 1. The summed E-state index contributed by atoms with van der Waals surface area (Å²) < 4.78 is 10.4. The van der Waals surface area contributed by atoms with Crippen LogP contribution in [0.15, 0.2) is 0 Å². The molecule has 0 aliphatic carbocycles. The summed E-state index contributed by atoms with van der Waals surface area (Å²) in [6.07, 6.45) is -1.82. The molecule has 0 aromatic rings. The van der Waals surface area contributed by atoms with Gasteiger partial charge in [0.1, 0.15) is 12.2 Å². The van der Waals surface area contributed by atoms with Crippen molar-refractivity contribution in [2.75, 3.05) is 33.9 Å². The molecule has 3 N–H and O–H groups in total. The van der Waals surface area contributed by atoms with Crippen molar-refractivity contribution in [2.24, 2.45) is 0 Å². The number of rotatable bonds is 6. The lowest BCUT2D eigenvalue weighted by Gasteiger charge is -2.17. The van der Waals surface area contributed by atoms with Crippen molar-refractivity contribution < 1.29 is 29.3 Å². The number of hydrogen-bond acceptors (Lipinski definition) is 5. The summed E-state index contributed by atoms with van der Waals surface area (Å²) in [4.78, 5) is 23.7. The van der Waals surface area contributed by atoms with Crippen molar-refractivity contribution in [1.82, 2.24) is 10.2 Å². The van der Waals surface area contributed by atoms with Gasteiger partial charge in [0.2, 0.25) is 0 Å². The standard InChI is InChI=1S/C11H20N2O6/c1-18-8-5-13(6-9(8)19-2)11(17)12-4-3-7(14)10(15)16/h7-9,14H,3-6H2,1-2H3,(H,12,17)(H,15,16)/t7-,8?,9?/m0/s1. The number of urea groups is 1. The number of hydrogen-bond donors (Lipinski definition) is 3. The third-order valence-corrected chi connectivity index (χ3v) is 3.09.